The van der Waals surface area contributed by atoms with Crippen LogP contribution in [0.1, 0.15) is 24.5 Å². The first-order valence-electron chi connectivity index (χ1n) is 8.78. The van der Waals surface area contributed by atoms with Gasteiger partial charge in [-0.3, -0.25) is 0 Å². The van der Waals surface area contributed by atoms with Crippen molar-refractivity contribution in [2.45, 2.75) is 32.4 Å². The van der Waals surface area contributed by atoms with Crippen LogP contribution in [0.4, 0.5) is 4.79 Å². The van der Waals surface area contributed by atoms with Crippen molar-refractivity contribution in [3.63, 3.8) is 0 Å². The number of carbonyl (C=O) groups excluding carboxylic acids is 1. The van der Waals surface area contributed by atoms with Crippen molar-refractivity contribution in [1.82, 2.24) is 10.6 Å². The molecular weight excluding hydrogens is 352 g/mol. The largest absolute Gasteiger partial charge is 0.486 e. The molecule has 0 saturated heterocycles. The van der Waals surface area contributed by atoms with Crippen LogP contribution in [0.5, 0.6) is 11.5 Å². The fourth-order valence-corrected chi connectivity index (χ4v) is 3.11. The highest BCUT2D eigenvalue weighted by atomic mass is 35.5. The number of nitrogens with one attached hydrogen (secondary N) is 2. The SMILES string of the molecule is CC(CCc1ccccc1)NC(=O)NCc1cc(Cl)c2c(c1)OCCO2. The Balaban J connectivity index is 1.46. The molecule has 0 fully saturated rings. The lowest BCUT2D eigenvalue weighted by Crippen LogP contribution is -2.40. The summed E-state index contributed by atoms with van der Waals surface area (Å²) < 4.78 is 11.0. The summed E-state index contributed by atoms with van der Waals surface area (Å²) in [5, 5.41) is 6.31. The van der Waals surface area contributed by atoms with E-state index >= 15 is 0 Å². The van der Waals surface area contributed by atoms with Gasteiger partial charge in [-0.15, -0.1) is 0 Å². The molecule has 1 aliphatic rings. The molecule has 5 nitrogen and oxygen atoms in total. The Morgan fingerprint density at radius 3 is 2.73 bits per heavy atom. The van der Waals surface area contributed by atoms with Gasteiger partial charge in [-0.1, -0.05) is 41.9 Å². The van der Waals surface area contributed by atoms with E-state index in [0.29, 0.717) is 36.3 Å². The summed E-state index contributed by atoms with van der Waals surface area (Å²) in [4.78, 5) is 12.1. The van der Waals surface area contributed by atoms with Gasteiger partial charge in [0.05, 0.1) is 5.02 Å². The number of rotatable bonds is 6. The lowest BCUT2D eigenvalue weighted by molar-refractivity contribution is 0.171. The Hall–Kier alpha value is -2.40. The standard InChI is InChI=1S/C20H23ClN2O3/c1-14(7-8-15-5-3-2-4-6-15)23-20(24)22-13-16-11-17(21)19-18(12-16)25-9-10-26-19/h2-6,11-12,14H,7-10,13H2,1H3,(H2,22,23,24). The van der Waals surface area contributed by atoms with Crippen molar-refractivity contribution >= 4 is 17.6 Å². The zero-order valence-corrected chi connectivity index (χ0v) is 15.5. The average Bonchev–Trinajstić information content (AvgIpc) is 2.66. The Morgan fingerprint density at radius 1 is 1.15 bits per heavy atom. The molecule has 2 aromatic rings. The molecule has 0 bridgehead atoms. The van der Waals surface area contributed by atoms with Crippen LogP contribution in [0, 0.1) is 0 Å². The second kappa shape index (κ2) is 8.81. The molecular formula is C20H23ClN2O3. The maximum Gasteiger partial charge on any atom is 0.315 e. The predicted molar refractivity (Wildman–Crippen MR) is 102 cm³/mol. The van der Waals surface area contributed by atoms with Gasteiger partial charge in [0.25, 0.3) is 0 Å². The van der Waals surface area contributed by atoms with Gasteiger partial charge in [-0.2, -0.15) is 0 Å². The van der Waals surface area contributed by atoms with E-state index in [1.165, 1.54) is 5.56 Å². The molecule has 1 atom stereocenters. The van der Waals surface area contributed by atoms with Gasteiger partial charge in [0, 0.05) is 12.6 Å². The van der Waals surface area contributed by atoms with E-state index in [1.807, 2.05) is 31.2 Å². The molecule has 0 spiro atoms. The number of fused-ring (bicyclic) bond motifs is 1. The molecule has 0 radical (unpaired) electrons. The number of amides is 2. The first-order chi connectivity index (χ1) is 12.6. The molecule has 1 heterocycles. The number of aryl methyl sites for hydroxylation is 1. The molecule has 0 aromatic heterocycles. The molecule has 3 rings (SSSR count). The smallest absolute Gasteiger partial charge is 0.315 e. The van der Waals surface area contributed by atoms with Crippen LogP contribution in [0.15, 0.2) is 42.5 Å². The minimum atomic E-state index is -0.198. The maximum atomic E-state index is 12.1. The Bertz CT molecular complexity index is 752. The van der Waals surface area contributed by atoms with Crippen LogP contribution in [-0.2, 0) is 13.0 Å². The Kier molecular flexibility index (Phi) is 6.23. The number of hydrogen-bond acceptors (Lipinski definition) is 3. The lowest BCUT2D eigenvalue weighted by atomic mass is 10.1. The van der Waals surface area contributed by atoms with Gasteiger partial charge in [-0.05, 0) is 43.0 Å². The van der Waals surface area contributed by atoms with Crippen LogP contribution in [-0.4, -0.2) is 25.3 Å². The van der Waals surface area contributed by atoms with Crippen LogP contribution < -0.4 is 20.1 Å². The van der Waals surface area contributed by atoms with Crippen molar-refractivity contribution in [3.05, 3.63) is 58.6 Å². The summed E-state index contributed by atoms with van der Waals surface area (Å²) in [6.45, 7) is 3.37. The molecule has 0 aliphatic carbocycles. The number of ether oxygens (including phenoxy) is 2. The minimum absolute atomic E-state index is 0.0825. The number of halogens is 1. The van der Waals surface area contributed by atoms with Crippen molar-refractivity contribution in [2.24, 2.45) is 0 Å². The lowest BCUT2D eigenvalue weighted by Gasteiger charge is -2.20. The van der Waals surface area contributed by atoms with Crippen molar-refractivity contribution in [2.75, 3.05) is 13.2 Å². The molecule has 0 saturated carbocycles. The third kappa shape index (κ3) is 5.05. The number of carbonyl (C=O) groups is 1. The van der Waals surface area contributed by atoms with Crippen molar-refractivity contribution < 1.29 is 14.3 Å². The van der Waals surface area contributed by atoms with E-state index in [2.05, 4.69) is 22.8 Å². The van der Waals surface area contributed by atoms with Gasteiger partial charge in [0.2, 0.25) is 0 Å². The first kappa shape index (κ1) is 18.4. The fourth-order valence-electron chi connectivity index (χ4n) is 2.82. The summed E-state index contributed by atoms with van der Waals surface area (Å²) in [6, 6.07) is 13.8. The van der Waals surface area contributed by atoms with Gasteiger partial charge < -0.3 is 20.1 Å². The Morgan fingerprint density at radius 2 is 1.92 bits per heavy atom. The van der Waals surface area contributed by atoms with Gasteiger partial charge in [-0.25, -0.2) is 4.79 Å². The second-order valence-electron chi connectivity index (χ2n) is 6.35. The van der Waals surface area contributed by atoms with E-state index in [1.54, 1.807) is 6.07 Å². The maximum absolute atomic E-state index is 12.1. The third-order valence-corrected chi connectivity index (χ3v) is 4.48. The molecule has 2 aromatic carbocycles. The predicted octanol–water partition coefficient (Wildman–Crippen LogP) is 3.93. The normalized spacial score (nSPS) is 13.8. The highest BCUT2D eigenvalue weighted by molar-refractivity contribution is 6.32. The van der Waals surface area contributed by atoms with Crippen molar-refractivity contribution in [1.29, 1.82) is 0 Å². The highest BCUT2D eigenvalue weighted by Gasteiger charge is 2.17. The Labute approximate surface area is 158 Å². The van der Waals surface area contributed by atoms with Crippen LogP contribution in [0.3, 0.4) is 0 Å². The first-order valence-corrected chi connectivity index (χ1v) is 9.16. The number of urea groups is 1. The van der Waals surface area contributed by atoms with Gasteiger partial charge in [0.1, 0.15) is 13.2 Å². The van der Waals surface area contributed by atoms with Crippen molar-refractivity contribution in [3.8, 4) is 11.5 Å². The van der Waals surface area contributed by atoms with E-state index in [9.17, 15) is 4.79 Å². The summed E-state index contributed by atoms with van der Waals surface area (Å²) >= 11 is 6.21. The molecule has 26 heavy (non-hydrogen) atoms. The summed E-state index contributed by atoms with van der Waals surface area (Å²) in [5.74, 6) is 1.19. The number of hydrogen-bond donors (Lipinski definition) is 2. The summed E-state index contributed by atoms with van der Waals surface area (Å²) in [5.41, 5.74) is 2.14. The molecule has 1 unspecified atom stereocenters. The van der Waals surface area contributed by atoms with Gasteiger partial charge in [0.15, 0.2) is 11.5 Å². The number of benzene rings is 2. The molecule has 138 valence electrons. The van der Waals surface area contributed by atoms with Crippen LogP contribution in [0.2, 0.25) is 5.02 Å². The molecule has 2 amide bonds. The van der Waals surface area contributed by atoms with Gasteiger partial charge >= 0.3 is 6.03 Å². The van der Waals surface area contributed by atoms with Crippen LogP contribution >= 0.6 is 11.6 Å². The topological polar surface area (TPSA) is 59.6 Å². The minimum Gasteiger partial charge on any atom is -0.486 e. The van der Waals surface area contributed by atoms with E-state index < -0.39 is 0 Å². The highest BCUT2D eigenvalue weighted by Crippen LogP contribution is 2.38. The molecule has 2 N–H and O–H groups in total. The third-order valence-electron chi connectivity index (χ3n) is 4.20. The monoisotopic (exact) mass is 374 g/mol. The molecule has 6 heteroatoms. The fraction of sp³-hybridized carbons (Fsp3) is 0.350. The summed E-state index contributed by atoms with van der Waals surface area (Å²) in [7, 11) is 0. The second-order valence-corrected chi connectivity index (χ2v) is 6.76. The zero-order valence-electron chi connectivity index (χ0n) is 14.8. The molecule has 1 aliphatic heterocycles. The van der Waals surface area contributed by atoms with E-state index in [0.717, 1.165) is 18.4 Å². The summed E-state index contributed by atoms with van der Waals surface area (Å²) in [6.07, 6.45) is 1.81. The van der Waals surface area contributed by atoms with E-state index in [-0.39, 0.29) is 12.1 Å². The average molecular weight is 375 g/mol. The van der Waals surface area contributed by atoms with E-state index in [4.69, 9.17) is 21.1 Å². The quantitative estimate of drug-likeness (QED) is 0.805. The van der Waals surface area contributed by atoms with Crippen LogP contribution in [0.25, 0.3) is 0 Å². The zero-order chi connectivity index (χ0) is 18.4.